The molecule has 200 valence electrons. The van der Waals surface area contributed by atoms with Crippen LogP contribution in [0.5, 0.6) is 0 Å². The summed E-state index contributed by atoms with van der Waals surface area (Å²) in [6.45, 7) is 15.0. The van der Waals surface area contributed by atoms with E-state index in [-0.39, 0.29) is 5.56 Å². The van der Waals surface area contributed by atoms with E-state index in [1.807, 2.05) is 12.2 Å². The Labute approximate surface area is 221 Å². The van der Waals surface area contributed by atoms with Gasteiger partial charge in [0.15, 0.2) is 0 Å². The molecule has 0 radical (unpaired) electrons. The summed E-state index contributed by atoms with van der Waals surface area (Å²) in [5.74, 6) is 0.660. The quantitative estimate of drug-likeness (QED) is 0.236. The fourth-order valence-electron chi connectivity index (χ4n) is 4.49. The fourth-order valence-corrected chi connectivity index (χ4v) is 4.49. The van der Waals surface area contributed by atoms with Crippen LogP contribution in [0.1, 0.15) is 83.2 Å². The van der Waals surface area contributed by atoms with Crippen LogP contribution in [-0.2, 0) is 6.54 Å². The molecule has 0 aliphatic rings. The Morgan fingerprint density at radius 1 is 1.03 bits per heavy atom. The molecule has 6 heteroatoms. The summed E-state index contributed by atoms with van der Waals surface area (Å²) in [5, 5.41) is 3.53. The van der Waals surface area contributed by atoms with E-state index in [1.54, 1.807) is 10.6 Å². The minimum absolute atomic E-state index is 0.192. The maximum absolute atomic E-state index is 15.0. The third kappa shape index (κ3) is 7.75. The maximum Gasteiger partial charge on any atom is 0.261 e. The number of fused-ring (bicyclic) bond motifs is 1. The molecule has 0 saturated heterocycles. The monoisotopic (exact) mass is 506 g/mol. The Morgan fingerprint density at radius 2 is 1.76 bits per heavy atom. The molecular weight excluding hydrogens is 463 g/mol. The lowest BCUT2D eigenvalue weighted by Gasteiger charge is -2.18. The summed E-state index contributed by atoms with van der Waals surface area (Å²) in [6.07, 6.45) is 7.76. The van der Waals surface area contributed by atoms with E-state index < -0.39 is 5.82 Å². The normalized spacial score (nSPS) is 11.9. The van der Waals surface area contributed by atoms with Crippen LogP contribution < -0.4 is 10.9 Å². The minimum Gasteiger partial charge on any atom is -0.383 e. The molecule has 0 fully saturated rings. The van der Waals surface area contributed by atoms with Gasteiger partial charge in [0.05, 0.1) is 16.6 Å². The van der Waals surface area contributed by atoms with E-state index in [2.05, 4.69) is 69.1 Å². The van der Waals surface area contributed by atoms with Gasteiger partial charge in [0, 0.05) is 13.1 Å². The predicted molar refractivity (Wildman–Crippen MR) is 156 cm³/mol. The average molecular weight is 507 g/mol. The van der Waals surface area contributed by atoms with Gasteiger partial charge < -0.3 is 10.2 Å². The molecule has 0 aliphatic heterocycles. The van der Waals surface area contributed by atoms with E-state index in [0.717, 1.165) is 50.9 Å². The zero-order chi connectivity index (χ0) is 26.8. The van der Waals surface area contributed by atoms with E-state index in [4.69, 9.17) is 4.98 Å². The van der Waals surface area contributed by atoms with Gasteiger partial charge in [-0.1, -0.05) is 77.8 Å². The molecule has 5 nitrogen and oxygen atoms in total. The third-order valence-electron chi connectivity index (χ3n) is 6.95. The number of rotatable bonds is 14. The number of halogens is 1. The first-order valence-corrected chi connectivity index (χ1v) is 13.9. The molecule has 37 heavy (non-hydrogen) atoms. The van der Waals surface area contributed by atoms with Crippen LogP contribution >= 0.6 is 0 Å². The topological polar surface area (TPSA) is 50.2 Å². The van der Waals surface area contributed by atoms with E-state index in [9.17, 15) is 9.18 Å². The lowest BCUT2D eigenvalue weighted by molar-refractivity contribution is 0.303. The van der Waals surface area contributed by atoms with Gasteiger partial charge in [0.2, 0.25) is 0 Å². The van der Waals surface area contributed by atoms with E-state index in [1.165, 1.54) is 11.6 Å². The number of anilines is 1. The molecule has 0 spiro atoms. The van der Waals surface area contributed by atoms with Crippen LogP contribution in [-0.4, -0.2) is 40.6 Å². The Morgan fingerprint density at radius 3 is 2.41 bits per heavy atom. The zero-order valence-corrected chi connectivity index (χ0v) is 23.2. The van der Waals surface area contributed by atoms with Crippen LogP contribution in [0.4, 0.5) is 10.1 Å². The lowest BCUT2D eigenvalue weighted by Crippen LogP contribution is -2.25. The van der Waals surface area contributed by atoms with Crippen molar-refractivity contribution in [3.63, 3.8) is 0 Å². The molecule has 3 rings (SSSR count). The first-order chi connectivity index (χ1) is 17.9. The van der Waals surface area contributed by atoms with Crippen molar-refractivity contribution < 1.29 is 4.39 Å². The molecule has 0 saturated carbocycles. The van der Waals surface area contributed by atoms with Crippen molar-refractivity contribution in [2.75, 3.05) is 31.5 Å². The number of aromatic nitrogens is 2. The molecule has 3 aromatic rings. The first-order valence-electron chi connectivity index (χ1n) is 13.9. The van der Waals surface area contributed by atoms with Gasteiger partial charge in [-0.25, -0.2) is 9.37 Å². The molecule has 0 atom stereocenters. The average Bonchev–Trinajstić information content (AvgIpc) is 2.90. The molecule has 0 aliphatic carbocycles. The first kappa shape index (κ1) is 28.6. The number of nitrogens with one attached hydrogen (secondary N) is 1. The lowest BCUT2D eigenvalue weighted by atomic mass is 10.0. The van der Waals surface area contributed by atoms with Crippen molar-refractivity contribution in [1.82, 2.24) is 14.5 Å². The second-order valence-electron chi connectivity index (χ2n) is 9.95. The van der Waals surface area contributed by atoms with Crippen LogP contribution in [0.2, 0.25) is 0 Å². The standard InChI is InChI=1S/C31H43FN4O/c1-6-9-10-20-36-30(17-14-24-12-15-25(16-13-24)23(4)5)34-28-22-29(27(32)21-26(28)31(36)37)33-18-11-19-35(7-2)8-3/h12-17,21-23,33H,6-11,18-20H2,1-5H3/b17-14+. The molecule has 1 N–H and O–H groups in total. The molecular formula is C31H43FN4O. The van der Waals surface area contributed by atoms with Crippen molar-refractivity contribution in [3.8, 4) is 0 Å². The van der Waals surface area contributed by atoms with Crippen LogP contribution in [0, 0.1) is 5.82 Å². The Kier molecular flexibility index (Phi) is 10.9. The highest BCUT2D eigenvalue weighted by molar-refractivity contribution is 5.83. The second-order valence-corrected chi connectivity index (χ2v) is 9.95. The molecule has 0 unspecified atom stereocenters. The van der Waals surface area contributed by atoms with Gasteiger partial charge in [-0.15, -0.1) is 0 Å². The van der Waals surface area contributed by atoms with Gasteiger partial charge in [0.1, 0.15) is 11.6 Å². The number of hydrogen-bond acceptors (Lipinski definition) is 4. The highest BCUT2D eigenvalue weighted by atomic mass is 19.1. The largest absolute Gasteiger partial charge is 0.383 e. The number of hydrogen-bond donors (Lipinski definition) is 1. The maximum atomic E-state index is 15.0. The molecule has 0 bridgehead atoms. The van der Waals surface area contributed by atoms with Crippen molar-refractivity contribution in [1.29, 1.82) is 0 Å². The summed E-state index contributed by atoms with van der Waals surface area (Å²) in [6, 6.07) is 11.4. The van der Waals surface area contributed by atoms with Gasteiger partial charge in [-0.3, -0.25) is 9.36 Å². The van der Waals surface area contributed by atoms with Crippen molar-refractivity contribution in [3.05, 3.63) is 69.5 Å². The van der Waals surface area contributed by atoms with Crippen LogP contribution in [0.15, 0.2) is 41.2 Å². The molecule has 1 heterocycles. The Balaban J connectivity index is 1.91. The fraction of sp³-hybridized carbons (Fsp3) is 0.484. The van der Waals surface area contributed by atoms with Gasteiger partial charge in [-0.2, -0.15) is 0 Å². The van der Waals surface area contributed by atoms with E-state index in [0.29, 0.717) is 41.4 Å². The van der Waals surface area contributed by atoms with Crippen LogP contribution in [0.25, 0.3) is 23.1 Å². The third-order valence-corrected chi connectivity index (χ3v) is 6.95. The van der Waals surface area contributed by atoms with Crippen molar-refractivity contribution in [2.45, 2.75) is 72.8 Å². The van der Waals surface area contributed by atoms with Gasteiger partial charge in [0.25, 0.3) is 5.56 Å². The highest BCUT2D eigenvalue weighted by Crippen LogP contribution is 2.22. The predicted octanol–water partition coefficient (Wildman–Crippen LogP) is 7.16. The van der Waals surface area contributed by atoms with Crippen LogP contribution in [0.3, 0.4) is 0 Å². The molecule has 1 aromatic heterocycles. The number of benzene rings is 2. The molecule has 0 amide bonds. The summed E-state index contributed by atoms with van der Waals surface area (Å²) >= 11 is 0. The summed E-state index contributed by atoms with van der Waals surface area (Å²) < 4.78 is 16.6. The summed E-state index contributed by atoms with van der Waals surface area (Å²) in [7, 11) is 0. The van der Waals surface area contributed by atoms with Gasteiger partial charge in [-0.05, 0) is 67.7 Å². The van der Waals surface area contributed by atoms with Crippen molar-refractivity contribution in [2.24, 2.45) is 0 Å². The zero-order valence-electron chi connectivity index (χ0n) is 23.2. The Hall–Kier alpha value is -2.99. The minimum atomic E-state index is -0.414. The molecule has 2 aromatic carbocycles. The van der Waals surface area contributed by atoms with Gasteiger partial charge >= 0.3 is 0 Å². The summed E-state index contributed by atoms with van der Waals surface area (Å²) in [5.41, 5.74) is 3.05. The second kappa shape index (κ2) is 14.1. The highest BCUT2D eigenvalue weighted by Gasteiger charge is 2.13. The Bertz CT molecular complexity index is 1230. The SMILES string of the molecule is CCCCCn1c(/C=C/c2ccc(C(C)C)cc2)nc2cc(NCCCN(CC)CC)c(F)cc2c1=O. The van der Waals surface area contributed by atoms with Crippen molar-refractivity contribution >= 4 is 28.7 Å². The smallest absolute Gasteiger partial charge is 0.261 e. The van der Waals surface area contributed by atoms with E-state index >= 15 is 0 Å². The number of unbranched alkanes of at least 4 members (excludes halogenated alkanes) is 2. The summed E-state index contributed by atoms with van der Waals surface area (Å²) in [4.78, 5) is 20.6. The number of nitrogens with zero attached hydrogens (tertiary/aromatic N) is 3.